The van der Waals surface area contributed by atoms with Crippen LogP contribution in [0.2, 0.25) is 0 Å². The molecule has 102 valence electrons. The molecule has 0 aliphatic carbocycles. The molecule has 0 aromatic heterocycles. The molecule has 0 bridgehead atoms. The second-order valence-electron chi connectivity index (χ2n) is 4.82. The number of halogens is 1. The largest absolute Gasteiger partial charge is 0.334 e. The van der Waals surface area contributed by atoms with Gasteiger partial charge in [-0.1, -0.05) is 30.3 Å². The summed E-state index contributed by atoms with van der Waals surface area (Å²) in [7, 11) is 0. The molecular weight excluding hydrogens is 255 g/mol. The molecule has 20 heavy (non-hydrogen) atoms. The third kappa shape index (κ3) is 2.50. The van der Waals surface area contributed by atoms with Crippen molar-refractivity contribution in [2.45, 2.75) is 13.0 Å². The Balaban J connectivity index is 1.68. The second kappa shape index (κ2) is 5.33. The fourth-order valence-electron chi connectivity index (χ4n) is 2.45. The van der Waals surface area contributed by atoms with Crippen molar-refractivity contribution < 1.29 is 9.18 Å². The Morgan fingerprint density at radius 1 is 1.20 bits per heavy atom. The third-order valence-electron chi connectivity index (χ3n) is 3.47. The number of rotatable bonds is 2. The number of urea groups is 1. The van der Waals surface area contributed by atoms with E-state index in [0.29, 0.717) is 19.5 Å². The molecule has 1 N–H and O–H groups in total. The number of carbonyl (C=O) groups is 1. The highest BCUT2D eigenvalue weighted by Gasteiger charge is 2.24. The molecule has 0 saturated heterocycles. The van der Waals surface area contributed by atoms with Crippen molar-refractivity contribution in [3.8, 4) is 0 Å². The summed E-state index contributed by atoms with van der Waals surface area (Å²) in [6.07, 6.45) is 0.700. The highest BCUT2D eigenvalue weighted by atomic mass is 19.1. The van der Waals surface area contributed by atoms with Gasteiger partial charge in [-0.2, -0.15) is 0 Å². The van der Waals surface area contributed by atoms with E-state index in [1.165, 1.54) is 12.1 Å². The number of amides is 2. The lowest BCUT2D eigenvalue weighted by molar-refractivity contribution is 0.246. The van der Waals surface area contributed by atoms with Crippen molar-refractivity contribution >= 4 is 11.7 Å². The number of hydrogen-bond acceptors (Lipinski definition) is 1. The molecule has 1 heterocycles. The van der Waals surface area contributed by atoms with Crippen molar-refractivity contribution in [3.63, 3.8) is 0 Å². The van der Waals surface area contributed by atoms with Crippen LogP contribution in [-0.4, -0.2) is 12.6 Å². The summed E-state index contributed by atoms with van der Waals surface area (Å²) >= 11 is 0. The smallest absolute Gasteiger partial charge is 0.322 e. The first-order valence-corrected chi connectivity index (χ1v) is 6.62. The van der Waals surface area contributed by atoms with E-state index >= 15 is 0 Å². The predicted molar refractivity (Wildman–Crippen MR) is 76.1 cm³/mol. The summed E-state index contributed by atoms with van der Waals surface area (Å²) in [5.74, 6) is -0.254. The van der Waals surface area contributed by atoms with E-state index in [2.05, 4.69) is 5.32 Å². The quantitative estimate of drug-likeness (QED) is 0.893. The maximum absolute atomic E-state index is 13.1. The van der Waals surface area contributed by atoms with E-state index in [-0.39, 0.29) is 11.8 Å². The molecule has 0 spiro atoms. The van der Waals surface area contributed by atoms with Gasteiger partial charge in [0, 0.05) is 18.8 Å². The number of carbonyl (C=O) groups excluding carboxylic acids is 1. The van der Waals surface area contributed by atoms with Crippen LogP contribution >= 0.6 is 0 Å². The highest BCUT2D eigenvalue weighted by molar-refractivity contribution is 5.94. The van der Waals surface area contributed by atoms with Crippen molar-refractivity contribution in [2.24, 2.45) is 0 Å². The van der Waals surface area contributed by atoms with Gasteiger partial charge < -0.3 is 5.32 Å². The maximum Gasteiger partial charge on any atom is 0.322 e. The Morgan fingerprint density at radius 2 is 2.00 bits per heavy atom. The zero-order valence-electron chi connectivity index (χ0n) is 11.0. The average Bonchev–Trinajstić information content (AvgIpc) is 2.89. The molecule has 0 radical (unpaired) electrons. The Hall–Kier alpha value is -2.36. The summed E-state index contributed by atoms with van der Waals surface area (Å²) in [6.45, 7) is 1.09. The molecule has 0 unspecified atom stereocenters. The van der Waals surface area contributed by atoms with Crippen LogP contribution in [0.1, 0.15) is 11.1 Å². The number of fused-ring (bicyclic) bond motifs is 1. The van der Waals surface area contributed by atoms with Crippen LogP contribution in [0.5, 0.6) is 0 Å². The Morgan fingerprint density at radius 3 is 2.80 bits per heavy atom. The van der Waals surface area contributed by atoms with Gasteiger partial charge in [0.2, 0.25) is 0 Å². The van der Waals surface area contributed by atoms with Gasteiger partial charge in [-0.3, -0.25) is 4.90 Å². The molecule has 2 amide bonds. The van der Waals surface area contributed by atoms with E-state index in [4.69, 9.17) is 0 Å². The molecule has 3 rings (SSSR count). The van der Waals surface area contributed by atoms with E-state index in [0.717, 1.165) is 16.8 Å². The molecule has 0 fully saturated rings. The molecule has 2 aromatic rings. The summed E-state index contributed by atoms with van der Waals surface area (Å²) in [5.41, 5.74) is 2.75. The fourth-order valence-corrected chi connectivity index (χ4v) is 2.45. The van der Waals surface area contributed by atoms with Gasteiger partial charge in [-0.15, -0.1) is 0 Å². The van der Waals surface area contributed by atoms with Crippen LogP contribution < -0.4 is 10.2 Å². The van der Waals surface area contributed by atoms with E-state index in [1.54, 1.807) is 11.0 Å². The average molecular weight is 270 g/mol. The zero-order valence-corrected chi connectivity index (χ0v) is 11.0. The van der Waals surface area contributed by atoms with Crippen LogP contribution in [0.4, 0.5) is 14.9 Å². The van der Waals surface area contributed by atoms with Crippen molar-refractivity contribution in [2.75, 3.05) is 11.4 Å². The van der Waals surface area contributed by atoms with Gasteiger partial charge in [-0.05, 0) is 35.7 Å². The first-order valence-electron chi connectivity index (χ1n) is 6.62. The minimum atomic E-state index is -0.254. The molecule has 3 nitrogen and oxygen atoms in total. The molecule has 0 atom stereocenters. The van der Waals surface area contributed by atoms with Crippen LogP contribution in [0.25, 0.3) is 0 Å². The Bertz CT molecular complexity index is 628. The predicted octanol–water partition coefficient (Wildman–Crippen LogP) is 3.10. The highest BCUT2D eigenvalue weighted by Crippen LogP contribution is 2.28. The normalized spacial score (nSPS) is 13.2. The number of anilines is 1. The molecule has 0 saturated carbocycles. The van der Waals surface area contributed by atoms with Crippen LogP contribution in [0.3, 0.4) is 0 Å². The molecular formula is C16H15FN2O. The minimum absolute atomic E-state index is 0.140. The van der Waals surface area contributed by atoms with Crippen LogP contribution in [-0.2, 0) is 13.0 Å². The van der Waals surface area contributed by atoms with Crippen LogP contribution in [0.15, 0.2) is 48.5 Å². The minimum Gasteiger partial charge on any atom is -0.334 e. The summed E-state index contributed by atoms with van der Waals surface area (Å²) < 4.78 is 13.1. The van der Waals surface area contributed by atoms with Crippen molar-refractivity contribution in [3.05, 3.63) is 65.5 Å². The molecule has 4 heteroatoms. The maximum atomic E-state index is 13.1. The Labute approximate surface area is 117 Å². The first-order chi connectivity index (χ1) is 9.74. The SMILES string of the molecule is O=C(NCc1ccccc1)N1CCc2cc(F)ccc21. The lowest BCUT2D eigenvalue weighted by Gasteiger charge is -2.18. The van der Waals surface area contributed by atoms with Gasteiger partial charge in [-0.25, -0.2) is 9.18 Å². The van der Waals surface area contributed by atoms with Gasteiger partial charge in [0.15, 0.2) is 0 Å². The number of benzene rings is 2. The zero-order chi connectivity index (χ0) is 13.9. The van der Waals surface area contributed by atoms with Gasteiger partial charge >= 0.3 is 6.03 Å². The number of hydrogen-bond donors (Lipinski definition) is 1. The fraction of sp³-hybridized carbons (Fsp3) is 0.188. The topological polar surface area (TPSA) is 32.3 Å². The summed E-state index contributed by atoms with van der Waals surface area (Å²) in [4.78, 5) is 13.9. The molecule has 1 aliphatic rings. The number of nitrogens with zero attached hydrogens (tertiary/aromatic N) is 1. The standard InChI is InChI=1S/C16H15FN2O/c17-14-6-7-15-13(10-14)8-9-19(15)16(20)18-11-12-4-2-1-3-5-12/h1-7,10H,8-9,11H2,(H,18,20). The van der Waals surface area contributed by atoms with E-state index in [9.17, 15) is 9.18 Å². The van der Waals surface area contributed by atoms with Gasteiger partial charge in [0.1, 0.15) is 5.82 Å². The third-order valence-corrected chi connectivity index (χ3v) is 3.47. The number of nitrogens with one attached hydrogen (secondary N) is 1. The molecule has 1 aliphatic heterocycles. The monoisotopic (exact) mass is 270 g/mol. The Kier molecular flexibility index (Phi) is 3.37. The second-order valence-corrected chi connectivity index (χ2v) is 4.82. The van der Waals surface area contributed by atoms with Crippen molar-refractivity contribution in [1.29, 1.82) is 0 Å². The van der Waals surface area contributed by atoms with E-state index < -0.39 is 0 Å². The lowest BCUT2D eigenvalue weighted by Crippen LogP contribution is -2.38. The van der Waals surface area contributed by atoms with Crippen molar-refractivity contribution in [1.82, 2.24) is 5.32 Å². The van der Waals surface area contributed by atoms with E-state index in [1.807, 2.05) is 30.3 Å². The lowest BCUT2D eigenvalue weighted by atomic mass is 10.2. The summed E-state index contributed by atoms with van der Waals surface area (Å²) in [5, 5.41) is 2.89. The van der Waals surface area contributed by atoms with Gasteiger partial charge in [0.25, 0.3) is 0 Å². The molecule has 2 aromatic carbocycles. The van der Waals surface area contributed by atoms with Gasteiger partial charge in [0.05, 0.1) is 0 Å². The summed E-state index contributed by atoms with van der Waals surface area (Å²) in [6, 6.07) is 14.2. The van der Waals surface area contributed by atoms with Crippen LogP contribution in [0, 0.1) is 5.82 Å². The first kappa shape index (κ1) is 12.7.